The van der Waals surface area contributed by atoms with Crippen LogP contribution in [0.5, 0.6) is 11.5 Å². The van der Waals surface area contributed by atoms with Gasteiger partial charge >= 0.3 is 0 Å². The smallest absolute Gasteiger partial charge is 0.250 e. The fourth-order valence-electron chi connectivity index (χ4n) is 3.37. The highest BCUT2D eigenvalue weighted by atomic mass is 32.2. The van der Waals surface area contributed by atoms with Crippen molar-refractivity contribution in [3.05, 3.63) is 83.9 Å². The first-order chi connectivity index (χ1) is 17.0. The maximum absolute atomic E-state index is 12.5. The van der Waals surface area contributed by atoms with Crippen LogP contribution in [-0.4, -0.2) is 44.4 Å². The average Bonchev–Trinajstić information content (AvgIpc) is 3.30. The molecule has 9 heteroatoms. The minimum atomic E-state index is -0.297. The lowest BCUT2D eigenvalue weighted by molar-refractivity contribution is -0.118. The van der Waals surface area contributed by atoms with E-state index in [9.17, 15) is 9.90 Å². The number of hydrogen-bond donors (Lipinski definition) is 2. The number of nitrogens with zero attached hydrogens (tertiary/aromatic N) is 4. The number of amides is 1. The van der Waals surface area contributed by atoms with E-state index in [0.29, 0.717) is 22.3 Å². The number of rotatable bonds is 8. The summed E-state index contributed by atoms with van der Waals surface area (Å²) >= 11 is 1.26. The summed E-state index contributed by atoms with van der Waals surface area (Å²) in [6, 6.07) is 22.4. The summed E-state index contributed by atoms with van der Waals surface area (Å²) in [5.74, 6) is 1.31. The van der Waals surface area contributed by atoms with Crippen molar-refractivity contribution in [2.45, 2.75) is 19.0 Å². The van der Waals surface area contributed by atoms with Crippen molar-refractivity contribution < 1.29 is 14.6 Å². The van der Waals surface area contributed by atoms with Crippen LogP contribution in [0, 0.1) is 6.92 Å². The largest absolute Gasteiger partial charge is 0.507 e. The van der Waals surface area contributed by atoms with Crippen molar-refractivity contribution >= 4 is 23.4 Å². The second kappa shape index (κ2) is 10.9. The third kappa shape index (κ3) is 5.70. The van der Waals surface area contributed by atoms with Crippen LogP contribution < -0.4 is 10.2 Å². The van der Waals surface area contributed by atoms with Gasteiger partial charge in [-0.25, -0.2) is 5.43 Å². The van der Waals surface area contributed by atoms with E-state index in [1.54, 1.807) is 38.3 Å². The van der Waals surface area contributed by atoms with Crippen molar-refractivity contribution in [3.8, 4) is 28.6 Å². The van der Waals surface area contributed by atoms with Crippen LogP contribution in [0.25, 0.3) is 17.1 Å². The maximum atomic E-state index is 12.5. The van der Waals surface area contributed by atoms with Gasteiger partial charge in [0.1, 0.15) is 11.5 Å². The van der Waals surface area contributed by atoms with Crippen LogP contribution in [-0.2, 0) is 4.79 Å². The van der Waals surface area contributed by atoms with Crippen LogP contribution >= 0.6 is 11.8 Å². The lowest BCUT2D eigenvalue weighted by Crippen LogP contribution is -2.21. The van der Waals surface area contributed by atoms with Gasteiger partial charge in [0, 0.05) is 16.8 Å². The van der Waals surface area contributed by atoms with Gasteiger partial charge in [-0.15, -0.1) is 10.2 Å². The Morgan fingerprint density at radius 2 is 1.77 bits per heavy atom. The van der Waals surface area contributed by atoms with Gasteiger partial charge < -0.3 is 9.84 Å². The summed E-state index contributed by atoms with van der Waals surface area (Å²) in [6.45, 7) is 3.75. The number of aromatic nitrogens is 3. The third-order valence-electron chi connectivity index (χ3n) is 5.25. The molecule has 4 aromatic rings. The Kier molecular flexibility index (Phi) is 7.47. The van der Waals surface area contributed by atoms with Gasteiger partial charge in [0.2, 0.25) is 0 Å². The van der Waals surface area contributed by atoms with E-state index in [1.165, 1.54) is 11.8 Å². The van der Waals surface area contributed by atoms with Gasteiger partial charge in [-0.2, -0.15) is 5.10 Å². The molecule has 0 atom stereocenters. The van der Waals surface area contributed by atoms with E-state index >= 15 is 0 Å². The van der Waals surface area contributed by atoms with Crippen molar-refractivity contribution in [1.29, 1.82) is 0 Å². The zero-order chi connectivity index (χ0) is 24.8. The fourth-order valence-corrected chi connectivity index (χ4v) is 4.11. The molecule has 0 fully saturated rings. The number of ether oxygens (including phenoxy) is 1. The molecule has 0 aliphatic carbocycles. The number of carbonyl (C=O) groups is 1. The zero-order valence-corrected chi connectivity index (χ0v) is 20.4. The standard InChI is InChI=1S/C26H25N5O3S/c1-17-8-12-20(13-9-17)31-25(19-10-14-21(34-3)15-11-19)29-30-26(31)35-16-24(33)28-27-18(2)22-6-4-5-7-23(22)32/h4-15,32H,16H2,1-3H3,(H,28,33)/b27-18+. The highest BCUT2D eigenvalue weighted by Crippen LogP contribution is 2.29. The van der Waals surface area contributed by atoms with E-state index in [4.69, 9.17) is 4.74 Å². The molecule has 0 radical (unpaired) electrons. The van der Waals surface area contributed by atoms with Crippen LogP contribution in [0.15, 0.2) is 83.1 Å². The number of aromatic hydroxyl groups is 1. The monoisotopic (exact) mass is 487 g/mol. The van der Waals surface area contributed by atoms with E-state index in [2.05, 4.69) is 20.7 Å². The van der Waals surface area contributed by atoms with E-state index in [-0.39, 0.29) is 17.4 Å². The first kappa shape index (κ1) is 24.0. The molecule has 0 unspecified atom stereocenters. The Labute approximate surface area is 207 Å². The molecule has 0 saturated carbocycles. The number of phenolic OH excluding ortho intramolecular Hbond substituents is 1. The highest BCUT2D eigenvalue weighted by molar-refractivity contribution is 7.99. The summed E-state index contributed by atoms with van der Waals surface area (Å²) < 4.78 is 7.19. The zero-order valence-electron chi connectivity index (χ0n) is 19.6. The van der Waals surface area contributed by atoms with E-state index < -0.39 is 0 Å². The predicted octanol–water partition coefficient (Wildman–Crippen LogP) is 4.59. The number of aryl methyl sites for hydroxylation is 1. The van der Waals surface area contributed by atoms with Crippen molar-refractivity contribution in [3.63, 3.8) is 0 Å². The predicted molar refractivity (Wildman–Crippen MR) is 137 cm³/mol. The summed E-state index contributed by atoms with van der Waals surface area (Å²) in [6.07, 6.45) is 0. The van der Waals surface area contributed by atoms with Crippen molar-refractivity contribution in [1.82, 2.24) is 20.2 Å². The third-order valence-corrected chi connectivity index (χ3v) is 6.18. The molecule has 2 N–H and O–H groups in total. The molecule has 3 aromatic carbocycles. The number of hydrogen-bond acceptors (Lipinski definition) is 7. The van der Waals surface area contributed by atoms with Crippen LogP contribution in [0.2, 0.25) is 0 Å². The molecule has 4 rings (SSSR count). The second-order valence-electron chi connectivity index (χ2n) is 7.74. The molecule has 35 heavy (non-hydrogen) atoms. The Balaban J connectivity index is 1.54. The van der Waals surface area contributed by atoms with Crippen LogP contribution in [0.4, 0.5) is 0 Å². The fraction of sp³-hybridized carbons (Fsp3) is 0.154. The highest BCUT2D eigenvalue weighted by Gasteiger charge is 2.17. The average molecular weight is 488 g/mol. The number of para-hydroxylation sites is 1. The van der Waals surface area contributed by atoms with E-state index in [1.807, 2.05) is 60.0 Å². The number of methoxy groups -OCH3 is 1. The Morgan fingerprint density at radius 1 is 1.06 bits per heavy atom. The Bertz CT molecular complexity index is 1350. The number of phenols is 1. The van der Waals surface area contributed by atoms with Crippen molar-refractivity contribution in [2.24, 2.45) is 5.10 Å². The summed E-state index contributed by atoms with van der Waals surface area (Å²) in [4.78, 5) is 12.5. The SMILES string of the molecule is COc1ccc(-c2nnc(SCC(=O)N/N=C(\C)c3ccccc3O)n2-c2ccc(C)cc2)cc1. The number of carbonyl (C=O) groups excluding carboxylic acids is 1. The molecule has 178 valence electrons. The molecule has 0 aliphatic heterocycles. The summed E-state index contributed by atoms with van der Waals surface area (Å²) in [5, 5.41) is 23.4. The molecule has 0 aliphatic rings. The van der Waals surface area contributed by atoms with Gasteiger partial charge in [0.05, 0.1) is 18.6 Å². The molecule has 0 bridgehead atoms. The number of thioether (sulfide) groups is 1. The lowest BCUT2D eigenvalue weighted by atomic mass is 10.1. The molecule has 1 aromatic heterocycles. The molecular weight excluding hydrogens is 462 g/mol. The number of benzene rings is 3. The molecule has 0 spiro atoms. The van der Waals surface area contributed by atoms with Gasteiger partial charge in [0.15, 0.2) is 11.0 Å². The van der Waals surface area contributed by atoms with Gasteiger partial charge in [-0.3, -0.25) is 9.36 Å². The van der Waals surface area contributed by atoms with Gasteiger partial charge in [-0.05, 0) is 62.4 Å². The first-order valence-electron chi connectivity index (χ1n) is 10.9. The molecular formula is C26H25N5O3S. The topological polar surface area (TPSA) is 102 Å². The lowest BCUT2D eigenvalue weighted by Gasteiger charge is -2.11. The van der Waals surface area contributed by atoms with Crippen molar-refractivity contribution in [2.75, 3.05) is 12.9 Å². The minimum Gasteiger partial charge on any atom is -0.507 e. The summed E-state index contributed by atoms with van der Waals surface area (Å²) in [5.41, 5.74) is 6.51. The first-order valence-corrected chi connectivity index (χ1v) is 11.9. The molecule has 0 saturated heterocycles. The number of nitrogens with one attached hydrogen (secondary N) is 1. The number of hydrazone groups is 1. The summed E-state index contributed by atoms with van der Waals surface area (Å²) in [7, 11) is 1.62. The van der Waals surface area contributed by atoms with Crippen LogP contribution in [0.1, 0.15) is 18.1 Å². The quantitative estimate of drug-likeness (QED) is 0.214. The van der Waals surface area contributed by atoms with Gasteiger partial charge in [0.25, 0.3) is 5.91 Å². The second-order valence-corrected chi connectivity index (χ2v) is 8.69. The molecule has 8 nitrogen and oxygen atoms in total. The maximum Gasteiger partial charge on any atom is 0.250 e. The Morgan fingerprint density at radius 3 is 2.46 bits per heavy atom. The minimum absolute atomic E-state index is 0.0875. The molecule has 1 amide bonds. The normalized spacial score (nSPS) is 11.3. The molecule has 1 heterocycles. The van der Waals surface area contributed by atoms with Crippen LogP contribution in [0.3, 0.4) is 0 Å². The van der Waals surface area contributed by atoms with E-state index in [0.717, 1.165) is 22.6 Å². The Hall–Kier alpha value is -4.11. The van der Waals surface area contributed by atoms with Gasteiger partial charge in [-0.1, -0.05) is 41.6 Å².